The van der Waals surface area contributed by atoms with Crippen LogP contribution >= 0.6 is 15.9 Å². The number of methoxy groups -OCH3 is 1. The van der Waals surface area contributed by atoms with Gasteiger partial charge in [0, 0.05) is 4.47 Å². The number of hydrogen-bond donors (Lipinski definition) is 0. The first-order valence-electron chi connectivity index (χ1n) is 4.81. The number of ketones is 2. The van der Waals surface area contributed by atoms with E-state index in [1.807, 2.05) is 0 Å². The van der Waals surface area contributed by atoms with Crippen molar-refractivity contribution in [1.29, 1.82) is 0 Å². The predicted molar refractivity (Wildman–Crippen MR) is 64.2 cm³/mol. The van der Waals surface area contributed by atoms with E-state index in [2.05, 4.69) is 20.7 Å². The molecule has 0 radical (unpaired) electrons. The maximum atomic E-state index is 13.6. The molecule has 0 aliphatic carbocycles. The second-order valence-corrected chi connectivity index (χ2v) is 4.31. The number of carbonyl (C=O) groups is 2. The van der Waals surface area contributed by atoms with Crippen molar-refractivity contribution in [3.8, 4) is 0 Å². The van der Waals surface area contributed by atoms with E-state index in [1.54, 1.807) is 0 Å². The standard InChI is InChI=1S/C12H9BrF2O3/c1-6(16)8(5-18-2)12(17)11-9(14)3-7(13)4-10(11)15/h3-5H,1-2H3. The van der Waals surface area contributed by atoms with Gasteiger partial charge in [0.05, 0.1) is 24.5 Å². The maximum Gasteiger partial charge on any atom is 0.205 e. The Bertz CT molecular complexity index is 515. The molecule has 0 N–H and O–H groups in total. The van der Waals surface area contributed by atoms with Gasteiger partial charge in [-0.1, -0.05) is 15.9 Å². The highest BCUT2D eigenvalue weighted by Crippen LogP contribution is 2.22. The van der Waals surface area contributed by atoms with Gasteiger partial charge in [-0.2, -0.15) is 0 Å². The van der Waals surface area contributed by atoms with Crippen LogP contribution in [0.25, 0.3) is 0 Å². The minimum Gasteiger partial charge on any atom is -0.503 e. The number of Topliss-reactive ketones (excluding diaryl/α,β-unsaturated/α-hetero) is 2. The number of rotatable bonds is 4. The molecule has 6 heteroatoms. The van der Waals surface area contributed by atoms with Crippen molar-refractivity contribution >= 4 is 27.5 Å². The molecule has 0 aromatic heterocycles. The summed E-state index contributed by atoms with van der Waals surface area (Å²) in [6.07, 6.45) is 0.867. The summed E-state index contributed by atoms with van der Waals surface area (Å²) in [5.74, 6) is -3.78. The van der Waals surface area contributed by atoms with Gasteiger partial charge in [-0.15, -0.1) is 0 Å². The van der Waals surface area contributed by atoms with E-state index < -0.39 is 34.3 Å². The molecule has 0 spiro atoms. The smallest absolute Gasteiger partial charge is 0.205 e. The van der Waals surface area contributed by atoms with E-state index in [0.29, 0.717) is 0 Å². The molecule has 0 saturated heterocycles. The SMILES string of the molecule is COC=C(C(C)=O)C(=O)c1c(F)cc(Br)cc1F. The normalized spacial score (nSPS) is 11.3. The zero-order valence-corrected chi connectivity index (χ0v) is 11.2. The minimum absolute atomic E-state index is 0.161. The van der Waals surface area contributed by atoms with Gasteiger partial charge in [0.15, 0.2) is 5.78 Å². The Labute approximate surface area is 111 Å². The van der Waals surface area contributed by atoms with Crippen LogP contribution in [0, 0.1) is 11.6 Å². The highest BCUT2D eigenvalue weighted by Gasteiger charge is 2.24. The maximum absolute atomic E-state index is 13.6. The molecule has 0 saturated carbocycles. The van der Waals surface area contributed by atoms with E-state index in [1.165, 1.54) is 7.11 Å². The van der Waals surface area contributed by atoms with Gasteiger partial charge in [0.2, 0.25) is 5.78 Å². The van der Waals surface area contributed by atoms with Crippen LogP contribution in [0.5, 0.6) is 0 Å². The molecule has 0 aliphatic rings. The molecule has 18 heavy (non-hydrogen) atoms. The van der Waals surface area contributed by atoms with Gasteiger partial charge in [-0.05, 0) is 19.1 Å². The third-order valence-electron chi connectivity index (χ3n) is 2.09. The first-order chi connectivity index (χ1) is 8.38. The Kier molecular flexibility index (Phi) is 4.72. The second kappa shape index (κ2) is 5.86. The highest BCUT2D eigenvalue weighted by molar-refractivity contribution is 9.10. The Morgan fingerprint density at radius 2 is 1.78 bits per heavy atom. The summed E-state index contributed by atoms with van der Waals surface area (Å²) in [6.45, 7) is 1.11. The number of benzene rings is 1. The lowest BCUT2D eigenvalue weighted by atomic mass is 10.0. The van der Waals surface area contributed by atoms with Gasteiger partial charge in [-0.25, -0.2) is 8.78 Å². The number of carbonyl (C=O) groups excluding carboxylic acids is 2. The van der Waals surface area contributed by atoms with Crippen molar-refractivity contribution in [2.45, 2.75) is 6.92 Å². The quantitative estimate of drug-likeness (QED) is 0.282. The van der Waals surface area contributed by atoms with Crippen molar-refractivity contribution in [2.75, 3.05) is 7.11 Å². The van der Waals surface area contributed by atoms with Gasteiger partial charge < -0.3 is 4.74 Å². The Hall–Kier alpha value is -1.56. The van der Waals surface area contributed by atoms with Crippen LogP contribution in [0.3, 0.4) is 0 Å². The largest absolute Gasteiger partial charge is 0.503 e. The van der Waals surface area contributed by atoms with Crippen molar-refractivity contribution in [3.63, 3.8) is 0 Å². The summed E-state index contributed by atoms with van der Waals surface area (Å²) in [4.78, 5) is 23.1. The Morgan fingerprint density at radius 3 is 2.17 bits per heavy atom. The van der Waals surface area contributed by atoms with Crippen molar-refractivity contribution in [1.82, 2.24) is 0 Å². The highest BCUT2D eigenvalue weighted by atomic mass is 79.9. The van der Waals surface area contributed by atoms with Crippen molar-refractivity contribution < 1.29 is 23.1 Å². The molecular formula is C12H9BrF2O3. The lowest BCUT2D eigenvalue weighted by Crippen LogP contribution is -2.14. The van der Waals surface area contributed by atoms with E-state index in [4.69, 9.17) is 0 Å². The van der Waals surface area contributed by atoms with Gasteiger partial charge >= 0.3 is 0 Å². The minimum atomic E-state index is -1.05. The molecular weight excluding hydrogens is 310 g/mol. The molecule has 0 aliphatic heterocycles. The van der Waals surface area contributed by atoms with E-state index in [-0.39, 0.29) is 4.47 Å². The number of allylic oxidation sites excluding steroid dienone is 1. The number of hydrogen-bond acceptors (Lipinski definition) is 3. The van der Waals surface area contributed by atoms with Gasteiger partial charge in [0.1, 0.15) is 11.6 Å². The molecule has 0 fully saturated rings. The number of halogens is 3. The first kappa shape index (κ1) is 14.5. The lowest BCUT2D eigenvalue weighted by molar-refractivity contribution is -0.113. The fourth-order valence-electron chi connectivity index (χ4n) is 1.31. The van der Waals surface area contributed by atoms with E-state index >= 15 is 0 Å². The van der Waals surface area contributed by atoms with Crippen LogP contribution in [-0.2, 0) is 9.53 Å². The predicted octanol–water partition coefficient (Wildman–Crippen LogP) is 3.03. The molecule has 0 bridgehead atoms. The van der Waals surface area contributed by atoms with Gasteiger partial charge in [0.25, 0.3) is 0 Å². The Balaban J connectivity index is 3.35. The summed E-state index contributed by atoms with van der Waals surface area (Å²) < 4.78 is 31.8. The third kappa shape index (κ3) is 3.01. The molecule has 0 unspecified atom stereocenters. The van der Waals surface area contributed by atoms with Crippen molar-refractivity contribution in [3.05, 3.63) is 45.6 Å². The third-order valence-corrected chi connectivity index (χ3v) is 2.55. The summed E-state index contributed by atoms with van der Waals surface area (Å²) in [6, 6.07) is 1.89. The molecule has 96 valence electrons. The van der Waals surface area contributed by atoms with Gasteiger partial charge in [-0.3, -0.25) is 9.59 Å². The van der Waals surface area contributed by atoms with Crippen LogP contribution < -0.4 is 0 Å². The van der Waals surface area contributed by atoms with E-state index in [0.717, 1.165) is 25.3 Å². The number of ether oxygens (including phenoxy) is 1. The molecule has 1 aromatic carbocycles. The van der Waals surface area contributed by atoms with Crippen LogP contribution in [0.15, 0.2) is 28.4 Å². The van der Waals surface area contributed by atoms with Crippen LogP contribution in [0.4, 0.5) is 8.78 Å². The molecule has 0 amide bonds. The molecule has 0 atom stereocenters. The van der Waals surface area contributed by atoms with Crippen LogP contribution in [-0.4, -0.2) is 18.7 Å². The monoisotopic (exact) mass is 318 g/mol. The average Bonchev–Trinajstić information content (AvgIpc) is 2.23. The fraction of sp³-hybridized carbons (Fsp3) is 0.167. The lowest BCUT2D eigenvalue weighted by Gasteiger charge is -2.06. The zero-order valence-electron chi connectivity index (χ0n) is 9.59. The summed E-state index contributed by atoms with van der Waals surface area (Å²) in [5, 5.41) is 0. The molecule has 3 nitrogen and oxygen atoms in total. The van der Waals surface area contributed by atoms with Crippen LogP contribution in [0.2, 0.25) is 0 Å². The first-order valence-corrected chi connectivity index (χ1v) is 5.61. The summed E-state index contributed by atoms with van der Waals surface area (Å²) in [5.41, 5.74) is -1.20. The average molecular weight is 319 g/mol. The molecule has 1 rings (SSSR count). The summed E-state index contributed by atoms with van der Waals surface area (Å²) in [7, 11) is 1.23. The Morgan fingerprint density at radius 1 is 1.28 bits per heavy atom. The molecule has 1 aromatic rings. The molecule has 0 heterocycles. The topological polar surface area (TPSA) is 43.4 Å². The second-order valence-electron chi connectivity index (χ2n) is 3.40. The van der Waals surface area contributed by atoms with Crippen LogP contribution in [0.1, 0.15) is 17.3 Å². The van der Waals surface area contributed by atoms with Crippen molar-refractivity contribution in [2.24, 2.45) is 0 Å². The van der Waals surface area contributed by atoms with E-state index in [9.17, 15) is 18.4 Å². The fourth-order valence-corrected chi connectivity index (χ4v) is 1.71. The summed E-state index contributed by atoms with van der Waals surface area (Å²) >= 11 is 2.90. The zero-order chi connectivity index (χ0) is 13.9.